The van der Waals surface area contributed by atoms with Gasteiger partial charge in [-0.2, -0.15) is 11.8 Å². The Labute approximate surface area is 230 Å². The van der Waals surface area contributed by atoms with Crippen molar-refractivity contribution < 1.29 is 39.6 Å². The van der Waals surface area contributed by atoms with Gasteiger partial charge in [0.1, 0.15) is 29.6 Å². The molecule has 0 radical (unpaired) electrons. The average molecular weight is 563 g/mol. The minimum Gasteiger partial charge on any atom is -0.508 e. The van der Waals surface area contributed by atoms with Gasteiger partial charge in [-0.05, 0) is 60.2 Å². The molecule has 2 rings (SSSR count). The van der Waals surface area contributed by atoms with Gasteiger partial charge in [-0.3, -0.25) is 14.4 Å². The molecule has 4 atom stereocenters. The number of hydrogen-bond acceptors (Lipinski definition) is 9. The Morgan fingerprint density at radius 3 is 1.72 bits per heavy atom. The summed E-state index contributed by atoms with van der Waals surface area (Å²) in [5.41, 5.74) is 7.18. The number of phenols is 2. The first-order chi connectivity index (χ1) is 18.5. The summed E-state index contributed by atoms with van der Waals surface area (Å²) in [4.78, 5) is 50.2. The number of hydrogen-bond donors (Lipinski definition) is 8. The number of rotatable bonds is 15. The molecule has 2 aromatic carbocycles. The molecule has 212 valence electrons. The predicted octanol–water partition coefficient (Wildman–Crippen LogP) is -0.505. The zero-order valence-electron chi connectivity index (χ0n) is 21.4. The molecule has 4 unspecified atom stereocenters. The number of phenolic OH excluding ortho intramolecular Hbond substituents is 2. The van der Waals surface area contributed by atoms with E-state index in [1.165, 1.54) is 48.2 Å². The number of aliphatic hydroxyl groups is 1. The lowest BCUT2D eigenvalue weighted by Gasteiger charge is -2.24. The van der Waals surface area contributed by atoms with Gasteiger partial charge in [-0.15, -0.1) is 0 Å². The van der Waals surface area contributed by atoms with Crippen LogP contribution in [0.15, 0.2) is 48.5 Å². The van der Waals surface area contributed by atoms with E-state index in [-0.39, 0.29) is 30.8 Å². The fourth-order valence-electron chi connectivity index (χ4n) is 3.57. The van der Waals surface area contributed by atoms with Gasteiger partial charge < -0.3 is 42.1 Å². The summed E-state index contributed by atoms with van der Waals surface area (Å²) in [7, 11) is 0. The third-order valence-corrected chi connectivity index (χ3v) is 6.42. The predicted molar refractivity (Wildman–Crippen MR) is 145 cm³/mol. The van der Waals surface area contributed by atoms with Crippen molar-refractivity contribution in [1.82, 2.24) is 16.0 Å². The molecule has 39 heavy (non-hydrogen) atoms. The van der Waals surface area contributed by atoms with Crippen LogP contribution in [0, 0.1) is 0 Å². The molecule has 0 saturated heterocycles. The number of carboxylic acids is 1. The molecule has 13 heteroatoms. The van der Waals surface area contributed by atoms with Gasteiger partial charge in [0.05, 0.1) is 12.6 Å². The Morgan fingerprint density at radius 2 is 1.23 bits per heavy atom. The quantitative estimate of drug-likeness (QED) is 0.139. The highest BCUT2D eigenvalue weighted by Crippen LogP contribution is 2.13. The summed E-state index contributed by atoms with van der Waals surface area (Å²) in [5, 5.41) is 45.4. The maximum absolute atomic E-state index is 13.0. The van der Waals surface area contributed by atoms with E-state index in [1.54, 1.807) is 18.4 Å². The van der Waals surface area contributed by atoms with E-state index in [2.05, 4.69) is 16.0 Å². The molecule has 0 heterocycles. The first kappa shape index (κ1) is 31.4. The summed E-state index contributed by atoms with van der Waals surface area (Å²) >= 11 is 1.41. The third kappa shape index (κ3) is 10.5. The molecule has 0 aliphatic rings. The van der Waals surface area contributed by atoms with E-state index in [1.807, 2.05) is 0 Å². The molecule has 0 aliphatic heterocycles. The SMILES string of the molecule is CSCCC(NC(=O)C(CO)NC(=O)C(N)Cc1ccc(O)cc1)C(=O)NC(Cc1ccc(O)cc1)C(=O)O. The summed E-state index contributed by atoms with van der Waals surface area (Å²) in [6, 6.07) is 7.06. The number of carboxylic acid groups (broad SMARTS) is 1. The Bertz CT molecular complexity index is 1110. The summed E-state index contributed by atoms with van der Waals surface area (Å²) in [6.07, 6.45) is 2.02. The fraction of sp³-hybridized carbons (Fsp3) is 0.385. The number of nitrogens with two attached hydrogens (primary N) is 1. The standard InChI is InChI=1S/C26H34N4O8S/c1-39-11-10-20(24(35)29-21(26(37)38)13-16-4-8-18(33)9-5-16)28-25(36)22(14-31)30-23(34)19(27)12-15-2-6-17(32)7-3-15/h2-9,19-22,31-33H,10-14,27H2,1H3,(H,28,36)(H,29,35)(H,30,34)(H,37,38). The number of benzene rings is 2. The molecule has 9 N–H and O–H groups in total. The zero-order chi connectivity index (χ0) is 28.9. The van der Waals surface area contributed by atoms with Gasteiger partial charge in [-0.25, -0.2) is 4.79 Å². The maximum Gasteiger partial charge on any atom is 0.326 e. The van der Waals surface area contributed by atoms with Crippen molar-refractivity contribution >= 4 is 35.5 Å². The fourth-order valence-corrected chi connectivity index (χ4v) is 4.04. The van der Waals surface area contributed by atoms with Crippen LogP contribution in [-0.2, 0) is 32.0 Å². The molecular weight excluding hydrogens is 528 g/mol. The van der Waals surface area contributed by atoms with E-state index in [4.69, 9.17) is 5.73 Å². The van der Waals surface area contributed by atoms with Crippen molar-refractivity contribution in [3.8, 4) is 11.5 Å². The van der Waals surface area contributed by atoms with Crippen LogP contribution in [0.4, 0.5) is 0 Å². The van der Waals surface area contributed by atoms with Gasteiger partial charge in [0.15, 0.2) is 0 Å². The summed E-state index contributed by atoms with van der Waals surface area (Å²) in [6.45, 7) is -0.765. The van der Waals surface area contributed by atoms with Gasteiger partial charge in [0.2, 0.25) is 17.7 Å². The van der Waals surface area contributed by atoms with Crippen molar-refractivity contribution in [3.63, 3.8) is 0 Å². The van der Waals surface area contributed by atoms with Crippen LogP contribution in [0.1, 0.15) is 17.5 Å². The van der Waals surface area contributed by atoms with E-state index in [0.717, 1.165) is 0 Å². The van der Waals surface area contributed by atoms with E-state index in [9.17, 15) is 39.6 Å². The lowest BCUT2D eigenvalue weighted by atomic mass is 10.0. The lowest BCUT2D eigenvalue weighted by molar-refractivity contribution is -0.142. The summed E-state index contributed by atoms with van der Waals surface area (Å²) < 4.78 is 0. The van der Waals surface area contributed by atoms with Crippen LogP contribution in [0.3, 0.4) is 0 Å². The van der Waals surface area contributed by atoms with Gasteiger partial charge in [-0.1, -0.05) is 24.3 Å². The highest BCUT2D eigenvalue weighted by Gasteiger charge is 2.30. The Kier molecular flexibility index (Phi) is 12.5. The minimum atomic E-state index is -1.40. The Hall–Kier alpha value is -3.81. The average Bonchev–Trinajstić information content (AvgIpc) is 2.91. The smallest absolute Gasteiger partial charge is 0.326 e. The number of amides is 3. The molecule has 0 saturated carbocycles. The molecular formula is C26H34N4O8S. The first-order valence-electron chi connectivity index (χ1n) is 12.1. The van der Waals surface area contributed by atoms with Gasteiger partial charge in [0, 0.05) is 6.42 Å². The highest BCUT2D eigenvalue weighted by atomic mass is 32.2. The molecule has 0 bridgehead atoms. The van der Waals surface area contributed by atoms with Crippen LogP contribution in [0.5, 0.6) is 11.5 Å². The second-order valence-electron chi connectivity index (χ2n) is 8.83. The normalized spacial score (nSPS) is 13.9. The second-order valence-corrected chi connectivity index (χ2v) is 9.82. The van der Waals surface area contributed by atoms with E-state index in [0.29, 0.717) is 16.9 Å². The number of carbonyl (C=O) groups is 4. The van der Waals surface area contributed by atoms with Crippen LogP contribution in [0.2, 0.25) is 0 Å². The van der Waals surface area contributed by atoms with Crippen molar-refractivity contribution in [3.05, 3.63) is 59.7 Å². The molecule has 0 spiro atoms. The molecule has 0 fully saturated rings. The monoisotopic (exact) mass is 562 g/mol. The minimum absolute atomic E-state index is 0.0151. The number of aromatic hydroxyl groups is 2. The topological polar surface area (TPSA) is 211 Å². The van der Waals surface area contributed by atoms with Crippen LogP contribution >= 0.6 is 11.8 Å². The van der Waals surface area contributed by atoms with Gasteiger partial charge >= 0.3 is 5.97 Å². The summed E-state index contributed by atoms with van der Waals surface area (Å²) in [5.74, 6) is -3.03. The Morgan fingerprint density at radius 1 is 0.769 bits per heavy atom. The second kappa shape index (κ2) is 15.6. The number of carbonyl (C=O) groups excluding carboxylic acids is 3. The largest absolute Gasteiger partial charge is 0.508 e. The van der Waals surface area contributed by atoms with Crippen LogP contribution in [-0.4, -0.2) is 86.9 Å². The van der Waals surface area contributed by atoms with Crippen molar-refractivity contribution in [2.45, 2.75) is 43.4 Å². The number of thioether (sulfide) groups is 1. The molecule has 3 amide bonds. The third-order valence-electron chi connectivity index (χ3n) is 5.78. The van der Waals surface area contributed by atoms with E-state index < -0.39 is 54.5 Å². The zero-order valence-corrected chi connectivity index (χ0v) is 22.2. The number of aliphatic hydroxyl groups excluding tert-OH is 1. The van der Waals surface area contributed by atoms with Gasteiger partial charge in [0.25, 0.3) is 0 Å². The number of nitrogens with one attached hydrogen (secondary N) is 3. The first-order valence-corrected chi connectivity index (χ1v) is 13.5. The van der Waals surface area contributed by atoms with Crippen molar-refractivity contribution in [2.24, 2.45) is 5.73 Å². The molecule has 2 aromatic rings. The molecule has 0 aliphatic carbocycles. The van der Waals surface area contributed by atoms with E-state index >= 15 is 0 Å². The van der Waals surface area contributed by atoms with Crippen molar-refractivity contribution in [2.75, 3.05) is 18.6 Å². The Balaban J connectivity index is 2.03. The lowest BCUT2D eigenvalue weighted by Crippen LogP contribution is -2.58. The maximum atomic E-state index is 13.0. The van der Waals surface area contributed by atoms with Crippen molar-refractivity contribution in [1.29, 1.82) is 0 Å². The highest BCUT2D eigenvalue weighted by molar-refractivity contribution is 7.98. The van der Waals surface area contributed by atoms with Crippen LogP contribution in [0.25, 0.3) is 0 Å². The van der Waals surface area contributed by atoms with Crippen LogP contribution < -0.4 is 21.7 Å². The molecule has 12 nitrogen and oxygen atoms in total. The number of aliphatic carboxylic acids is 1. The molecule has 0 aromatic heterocycles.